The monoisotopic (exact) mass is 479 g/mol. The van der Waals surface area contributed by atoms with Crippen molar-refractivity contribution in [1.29, 1.82) is 0 Å². The molecule has 4 aromatic rings. The van der Waals surface area contributed by atoms with E-state index in [1.54, 1.807) is 6.33 Å². The number of ether oxygens (including phenoxy) is 1. The zero-order chi connectivity index (χ0) is 22.8. The number of hydrogen-bond acceptors (Lipinski definition) is 7. The highest BCUT2D eigenvalue weighted by Gasteiger charge is 2.26. The van der Waals surface area contributed by atoms with Crippen molar-refractivity contribution in [2.45, 2.75) is 6.92 Å². The van der Waals surface area contributed by atoms with Crippen LogP contribution in [0.4, 0.5) is 5.82 Å². The minimum Gasteiger partial charge on any atom is -0.493 e. The average Bonchev–Trinajstić information content (AvgIpc) is 3.29. The van der Waals surface area contributed by atoms with Crippen molar-refractivity contribution in [2.75, 3.05) is 37.7 Å². The first-order valence-electron chi connectivity index (χ1n) is 10.8. The molecule has 0 atom stereocenters. The zero-order valence-electron chi connectivity index (χ0n) is 18.1. The second kappa shape index (κ2) is 9.33. The van der Waals surface area contributed by atoms with Gasteiger partial charge in [-0.25, -0.2) is 9.97 Å². The minimum absolute atomic E-state index is 0.00523. The van der Waals surface area contributed by atoms with Crippen molar-refractivity contribution in [3.63, 3.8) is 0 Å². The number of amides is 1. The molecule has 1 saturated heterocycles. The maximum absolute atomic E-state index is 13.1. The molecule has 5 rings (SSSR count). The molecular weight excluding hydrogens is 458 g/mol. The first-order valence-corrected chi connectivity index (χ1v) is 11.9. The van der Waals surface area contributed by atoms with Gasteiger partial charge in [0.1, 0.15) is 28.0 Å². The first kappa shape index (κ1) is 21.6. The van der Waals surface area contributed by atoms with Crippen molar-refractivity contribution >= 4 is 45.1 Å². The molecule has 1 amide bonds. The quantitative estimate of drug-likeness (QED) is 0.410. The number of para-hydroxylation sites is 1. The van der Waals surface area contributed by atoms with E-state index in [-0.39, 0.29) is 5.91 Å². The Balaban J connectivity index is 1.35. The summed E-state index contributed by atoms with van der Waals surface area (Å²) < 4.78 is 11.2. The number of piperazine rings is 1. The number of carbonyl (C=O) groups excluding carboxylic acids is 1. The van der Waals surface area contributed by atoms with E-state index in [2.05, 4.69) is 19.2 Å². The highest BCUT2D eigenvalue weighted by molar-refractivity contribution is 7.14. The lowest BCUT2D eigenvalue weighted by Crippen LogP contribution is -2.49. The van der Waals surface area contributed by atoms with Crippen LogP contribution < -0.4 is 9.64 Å². The number of hydrogen-bond donors (Lipinski definition) is 0. The van der Waals surface area contributed by atoms with Crippen LogP contribution in [0, 0.1) is 0 Å². The number of nitrogens with zero attached hydrogens (tertiary/aromatic N) is 5. The number of fused-ring (bicyclic) bond motifs is 1. The van der Waals surface area contributed by atoms with Gasteiger partial charge in [0.2, 0.25) is 0 Å². The molecule has 0 unspecified atom stereocenters. The molecular formula is C24H22ClN5O2S. The third-order valence-corrected chi connectivity index (χ3v) is 6.72. The Morgan fingerprint density at radius 2 is 1.82 bits per heavy atom. The topological polar surface area (TPSA) is 71.5 Å². The maximum atomic E-state index is 13.1. The van der Waals surface area contributed by atoms with E-state index < -0.39 is 0 Å². The summed E-state index contributed by atoms with van der Waals surface area (Å²) >= 11 is 7.43. The van der Waals surface area contributed by atoms with Gasteiger partial charge in [-0.3, -0.25) is 4.79 Å². The standard InChI is InChI=1S/C24H22ClN5O2S/c1-2-32-19-6-4-3-5-18(19)24(31)30-13-11-29(12-14-30)23-22-21(26-15-27-23)20(28-33-22)16-7-9-17(25)10-8-16/h3-10,15H,2,11-14H2,1H3. The van der Waals surface area contributed by atoms with E-state index in [1.165, 1.54) is 11.5 Å². The van der Waals surface area contributed by atoms with Crippen molar-refractivity contribution in [1.82, 2.24) is 19.2 Å². The van der Waals surface area contributed by atoms with Crippen molar-refractivity contribution in [2.24, 2.45) is 0 Å². The molecule has 0 radical (unpaired) electrons. The van der Waals surface area contributed by atoms with Crippen LogP contribution in [-0.4, -0.2) is 57.9 Å². The van der Waals surface area contributed by atoms with Crippen molar-refractivity contribution in [3.05, 3.63) is 65.4 Å². The fourth-order valence-electron chi connectivity index (χ4n) is 3.99. The lowest BCUT2D eigenvalue weighted by atomic mass is 10.1. The second-order valence-corrected chi connectivity index (χ2v) is 8.83. The van der Waals surface area contributed by atoms with Gasteiger partial charge in [-0.05, 0) is 42.7 Å². The molecule has 0 saturated carbocycles. The highest BCUT2D eigenvalue weighted by Crippen LogP contribution is 2.35. The van der Waals surface area contributed by atoms with Crippen LogP contribution in [0.25, 0.3) is 21.5 Å². The molecule has 2 aromatic carbocycles. The molecule has 0 bridgehead atoms. The Labute approximate surface area is 200 Å². The fourth-order valence-corrected chi connectivity index (χ4v) is 4.99. The number of carbonyl (C=O) groups is 1. The summed E-state index contributed by atoms with van der Waals surface area (Å²) in [7, 11) is 0. The summed E-state index contributed by atoms with van der Waals surface area (Å²) in [6.45, 7) is 5.02. The molecule has 2 aromatic heterocycles. The van der Waals surface area contributed by atoms with Gasteiger partial charge in [0.25, 0.3) is 5.91 Å². The SMILES string of the molecule is CCOc1ccccc1C(=O)N1CCN(c2ncnc3c(-c4ccc(Cl)cc4)nsc23)CC1. The van der Waals surface area contributed by atoms with Gasteiger partial charge >= 0.3 is 0 Å². The highest BCUT2D eigenvalue weighted by atomic mass is 35.5. The Hall–Kier alpha value is -3.23. The van der Waals surface area contributed by atoms with E-state index in [9.17, 15) is 4.79 Å². The molecule has 1 aliphatic rings. The third kappa shape index (κ3) is 4.24. The Kier molecular flexibility index (Phi) is 6.11. The Morgan fingerprint density at radius 3 is 2.58 bits per heavy atom. The van der Waals surface area contributed by atoms with E-state index in [4.69, 9.17) is 16.3 Å². The van der Waals surface area contributed by atoms with Crippen LogP contribution in [0.2, 0.25) is 5.02 Å². The van der Waals surface area contributed by atoms with Gasteiger partial charge in [-0.1, -0.05) is 35.9 Å². The summed E-state index contributed by atoms with van der Waals surface area (Å²) in [5.74, 6) is 1.48. The molecule has 7 nitrogen and oxygen atoms in total. The van der Waals surface area contributed by atoms with Gasteiger partial charge < -0.3 is 14.5 Å². The summed E-state index contributed by atoms with van der Waals surface area (Å²) in [5, 5.41) is 0.685. The fraction of sp³-hybridized carbons (Fsp3) is 0.250. The van der Waals surface area contributed by atoms with Crippen LogP contribution in [0.3, 0.4) is 0 Å². The summed E-state index contributed by atoms with van der Waals surface area (Å²) in [6.07, 6.45) is 1.58. The molecule has 3 heterocycles. The molecule has 1 aliphatic heterocycles. The Morgan fingerprint density at radius 1 is 1.06 bits per heavy atom. The normalized spacial score (nSPS) is 14.0. The number of rotatable bonds is 5. The van der Waals surface area contributed by atoms with Crippen LogP contribution in [0.5, 0.6) is 5.75 Å². The number of anilines is 1. The lowest BCUT2D eigenvalue weighted by molar-refractivity contribution is 0.0742. The average molecular weight is 480 g/mol. The van der Waals surface area contributed by atoms with Crippen LogP contribution in [0.1, 0.15) is 17.3 Å². The smallest absolute Gasteiger partial charge is 0.257 e. The van der Waals surface area contributed by atoms with Gasteiger partial charge in [-0.15, -0.1) is 0 Å². The maximum Gasteiger partial charge on any atom is 0.257 e. The van der Waals surface area contributed by atoms with E-state index in [1.807, 2.05) is 60.4 Å². The van der Waals surface area contributed by atoms with Crippen LogP contribution in [0.15, 0.2) is 54.9 Å². The predicted molar refractivity (Wildman–Crippen MR) is 131 cm³/mol. The summed E-state index contributed by atoms with van der Waals surface area (Å²) in [6, 6.07) is 15.0. The number of aromatic nitrogens is 3. The Bertz CT molecular complexity index is 1290. The molecule has 33 heavy (non-hydrogen) atoms. The van der Waals surface area contributed by atoms with Crippen molar-refractivity contribution < 1.29 is 9.53 Å². The van der Waals surface area contributed by atoms with Crippen LogP contribution in [-0.2, 0) is 0 Å². The van der Waals surface area contributed by atoms with E-state index in [0.717, 1.165) is 27.3 Å². The molecule has 0 N–H and O–H groups in total. The zero-order valence-corrected chi connectivity index (χ0v) is 19.6. The molecule has 9 heteroatoms. The third-order valence-electron chi connectivity index (χ3n) is 5.64. The second-order valence-electron chi connectivity index (χ2n) is 7.62. The van der Waals surface area contributed by atoms with Gasteiger partial charge in [0.05, 0.1) is 12.2 Å². The molecule has 168 valence electrons. The number of halogens is 1. The number of benzene rings is 2. The minimum atomic E-state index is -0.00523. The first-order chi connectivity index (χ1) is 16.2. The summed E-state index contributed by atoms with van der Waals surface area (Å²) in [5.41, 5.74) is 3.24. The van der Waals surface area contributed by atoms with E-state index >= 15 is 0 Å². The van der Waals surface area contributed by atoms with Crippen molar-refractivity contribution in [3.8, 4) is 17.0 Å². The lowest BCUT2D eigenvalue weighted by Gasteiger charge is -2.35. The summed E-state index contributed by atoms with van der Waals surface area (Å²) in [4.78, 5) is 26.3. The van der Waals surface area contributed by atoms with Crippen LogP contribution >= 0.6 is 23.1 Å². The van der Waals surface area contributed by atoms with E-state index in [0.29, 0.717) is 49.1 Å². The molecule has 0 spiro atoms. The van der Waals surface area contributed by atoms with Gasteiger partial charge in [0, 0.05) is 36.8 Å². The molecule has 0 aliphatic carbocycles. The van der Waals surface area contributed by atoms with Gasteiger partial charge in [0.15, 0.2) is 5.82 Å². The van der Waals surface area contributed by atoms with Gasteiger partial charge in [-0.2, -0.15) is 4.37 Å². The largest absolute Gasteiger partial charge is 0.493 e. The predicted octanol–water partition coefficient (Wildman–Crippen LogP) is 4.77. The molecule has 1 fully saturated rings.